The second-order valence-corrected chi connectivity index (χ2v) is 4.56. The van der Waals surface area contributed by atoms with Crippen molar-refractivity contribution in [3.05, 3.63) is 0 Å². The van der Waals surface area contributed by atoms with Crippen LogP contribution in [0.15, 0.2) is 0 Å². The van der Waals surface area contributed by atoms with Crippen molar-refractivity contribution in [1.82, 2.24) is 16.0 Å². The number of ether oxygens (including phenoxy) is 3. The molecule has 3 N–H and O–H groups in total. The van der Waals surface area contributed by atoms with E-state index in [2.05, 4.69) is 16.0 Å². The number of carbonyl (C=O) groups excluding carboxylic acids is 1. The van der Waals surface area contributed by atoms with Gasteiger partial charge in [0.2, 0.25) is 6.41 Å². The second-order valence-electron chi connectivity index (χ2n) is 4.56. The number of carbonyl (C=O) groups is 1. The third-order valence-corrected chi connectivity index (χ3v) is 2.20. The van der Waals surface area contributed by atoms with Gasteiger partial charge < -0.3 is 30.2 Å². The molecule has 0 saturated heterocycles. The highest BCUT2D eigenvalue weighted by atomic mass is 19.1. The molecular weight excluding hydrogens is 293 g/mol. The van der Waals surface area contributed by atoms with Gasteiger partial charge >= 0.3 is 0 Å². The number of halogens is 1. The lowest BCUT2D eigenvalue weighted by molar-refractivity contribution is -0.109. The molecule has 0 aromatic heterocycles. The van der Waals surface area contributed by atoms with Gasteiger partial charge in [0.15, 0.2) is 0 Å². The van der Waals surface area contributed by atoms with Crippen LogP contribution in [-0.4, -0.2) is 86.0 Å². The Labute approximate surface area is 133 Å². The molecule has 2 atom stereocenters. The van der Waals surface area contributed by atoms with Crippen LogP contribution in [0, 0.1) is 0 Å². The maximum Gasteiger partial charge on any atom is 0.207 e. The minimum Gasteiger partial charge on any atom is -0.378 e. The molecule has 2 unspecified atom stereocenters. The van der Waals surface area contributed by atoms with Crippen molar-refractivity contribution in [3.8, 4) is 0 Å². The average Bonchev–Trinajstić information content (AvgIpc) is 2.49. The molecule has 0 radical (unpaired) electrons. The van der Waals surface area contributed by atoms with Crippen LogP contribution in [0.5, 0.6) is 0 Å². The highest BCUT2D eigenvalue weighted by Gasteiger charge is 2.08. The first-order valence-corrected chi connectivity index (χ1v) is 7.43. The van der Waals surface area contributed by atoms with Crippen LogP contribution in [0.4, 0.5) is 4.39 Å². The van der Waals surface area contributed by atoms with E-state index in [0.29, 0.717) is 32.8 Å². The molecule has 22 heavy (non-hydrogen) atoms. The van der Waals surface area contributed by atoms with Crippen LogP contribution in [0.2, 0.25) is 0 Å². The average molecular weight is 325 g/mol. The third-order valence-electron chi connectivity index (χ3n) is 2.20. The fourth-order valence-electron chi connectivity index (χ4n) is 1.23. The van der Waals surface area contributed by atoms with Gasteiger partial charge in [-0.3, -0.25) is 4.79 Å². The fourth-order valence-corrected chi connectivity index (χ4v) is 1.23. The Morgan fingerprint density at radius 3 is 2.36 bits per heavy atom. The number of likely N-dealkylation sites (N-methyl/N-ethyl adjacent to an activating group) is 1. The Kier molecular flexibility index (Phi) is 21.5. The smallest absolute Gasteiger partial charge is 0.207 e. The van der Waals surface area contributed by atoms with Crippen molar-refractivity contribution in [2.45, 2.75) is 19.2 Å². The SMILES string of the molecule is CNC.CNCCOCCOC(C)COCC(F)CNC=O. The zero-order chi connectivity index (χ0) is 17.1. The molecule has 0 aliphatic rings. The standard InChI is InChI=1S/C12H25FN2O4.C2H7N/c1-11(19-6-5-17-4-3-14-2)8-18-9-12(13)7-15-10-16;1-3-2/h10-12,14H,3-9H2,1-2H3,(H,15,16);3H,1-2H3. The molecular formula is C14H32FN3O4. The Bertz CT molecular complexity index is 226. The van der Waals surface area contributed by atoms with Crippen LogP contribution in [0.3, 0.4) is 0 Å². The lowest BCUT2D eigenvalue weighted by Crippen LogP contribution is -2.28. The molecule has 0 rings (SSSR count). The summed E-state index contributed by atoms with van der Waals surface area (Å²) in [6, 6.07) is 0. The molecule has 0 aromatic rings. The van der Waals surface area contributed by atoms with Crippen LogP contribution in [-0.2, 0) is 19.0 Å². The van der Waals surface area contributed by atoms with E-state index in [1.807, 2.05) is 28.1 Å². The number of rotatable bonds is 14. The summed E-state index contributed by atoms with van der Waals surface area (Å²) in [4.78, 5) is 9.95. The van der Waals surface area contributed by atoms with Gasteiger partial charge in [0.05, 0.1) is 45.7 Å². The van der Waals surface area contributed by atoms with Gasteiger partial charge in [-0.1, -0.05) is 0 Å². The quantitative estimate of drug-likeness (QED) is 0.297. The van der Waals surface area contributed by atoms with Crippen molar-refractivity contribution in [2.75, 3.05) is 67.3 Å². The summed E-state index contributed by atoms with van der Waals surface area (Å²) in [6.07, 6.45) is -0.840. The van der Waals surface area contributed by atoms with Gasteiger partial charge in [0.1, 0.15) is 6.17 Å². The van der Waals surface area contributed by atoms with E-state index in [4.69, 9.17) is 14.2 Å². The minimum absolute atomic E-state index is 0.0297. The molecule has 0 aromatic carbocycles. The van der Waals surface area contributed by atoms with E-state index in [1.54, 1.807) is 0 Å². The Morgan fingerprint density at radius 1 is 1.09 bits per heavy atom. The first-order chi connectivity index (χ1) is 10.6. The van der Waals surface area contributed by atoms with Gasteiger partial charge in [-0.25, -0.2) is 4.39 Å². The van der Waals surface area contributed by atoms with Crippen molar-refractivity contribution < 1.29 is 23.4 Å². The summed E-state index contributed by atoms with van der Waals surface area (Å²) in [5.74, 6) is 0. The molecule has 0 aliphatic carbocycles. The normalized spacial score (nSPS) is 13.0. The fraction of sp³-hybridized carbons (Fsp3) is 0.929. The zero-order valence-electron chi connectivity index (χ0n) is 14.2. The maximum atomic E-state index is 13.1. The molecule has 0 fully saturated rings. The Hall–Kier alpha value is -0.800. The van der Waals surface area contributed by atoms with Gasteiger partial charge in [-0.05, 0) is 28.1 Å². The second kappa shape index (κ2) is 20.2. The number of amides is 1. The monoisotopic (exact) mass is 325 g/mol. The summed E-state index contributed by atoms with van der Waals surface area (Å²) in [5, 5.41) is 7.98. The summed E-state index contributed by atoms with van der Waals surface area (Å²) in [7, 11) is 5.61. The van der Waals surface area contributed by atoms with Crippen LogP contribution in [0.25, 0.3) is 0 Å². The molecule has 0 spiro atoms. The zero-order valence-corrected chi connectivity index (χ0v) is 14.2. The molecule has 1 amide bonds. The van der Waals surface area contributed by atoms with Crippen LogP contribution in [0.1, 0.15) is 6.92 Å². The molecule has 134 valence electrons. The number of nitrogens with one attached hydrogen (secondary N) is 3. The molecule has 0 bridgehead atoms. The van der Waals surface area contributed by atoms with Gasteiger partial charge in [-0.15, -0.1) is 0 Å². The van der Waals surface area contributed by atoms with Crippen molar-refractivity contribution in [1.29, 1.82) is 0 Å². The predicted molar refractivity (Wildman–Crippen MR) is 84.9 cm³/mol. The van der Waals surface area contributed by atoms with E-state index in [1.165, 1.54) is 0 Å². The minimum atomic E-state index is -1.19. The topological polar surface area (TPSA) is 80.8 Å². The molecule has 8 heteroatoms. The molecule has 0 saturated carbocycles. The first kappa shape index (κ1) is 23.5. The lowest BCUT2D eigenvalue weighted by Gasteiger charge is -2.14. The number of hydrogen-bond acceptors (Lipinski definition) is 6. The third kappa shape index (κ3) is 21.5. The number of alkyl halides is 1. The van der Waals surface area contributed by atoms with Crippen molar-refractivity contribution in [3.63, 3.8) is 0 Å². The maximum absolute atomic E-state index is 13.1. The summed E-state index contributed by atoms with van der Waals surface area (Å²) >= 11 is 0. The van der Waals surface area contributed by atoms with E-state index in [0.717, 1.165) is 6.54 Å². The number of hydrogen-bond donors (Lipinski definition) is 3. The highest BCUT2D eigenvalue weighted by Crippen LogP contribution is 1.95. The Balaban J connectivity index is 0. The first-order valence-electron chi connectivity index (χ1n) is 7.43. The van der Waals surface area contributed by atoms with Crippen LogP contribution < -0.4 is 16.0 Å². The Morgan fingerprint density at radius 2 is 1.77 bits per heavy atom. The predicted octanol–water partition coefficient (Wildman–Crippen LogP) is -0.436. The lowest BCUT2D eigenvalue weighted by atomic mass is 10.4. The van der Waals surface area contributed by atoms with Gasteiger partial charge in [0.25, 0.3) is 0 Å². The summed E-state index contributed by atoms with van der Waals surface area (Å²) in [5.41, 5.74) is 0. The van der Waals surface area contributed by atoms with Crippen molar-refractivity contribution >= 4 is 6.41 Å². The molecule has 0 heterocycles. The van der Waals surface area contributed by atoms with E-state index >= 15 is 0 Å². The molecule has 7 nitrogen and oxygen atoms in total. The van der Waals surface area contributed by atoms with Gasteiger partial charge in [0, 0.05) is 6.54 Å². The van der Waals surface area contributed by atoms with E-state index in [-0.39, 0.29) is 19.3 Å². The summed E-state index contributed by atoms with van der Waals surface area (Å²) < 4.78 is 28.9. The highest BCUT2D eigenvalue weighted by molar-refractivity contribution is 5.45. The van der Waals surface area contributed by atoms with Gasteiger partial charge in [-0.2, -0.15) is 0 Å². The molecule has 0 aliphatic heterocycles. The summed E-state index contributed by atoms with van der Waals surface area (Å²) in [6.45, 7) is 4.57. The van der Waals surface area contributed by atoms with E-state index in [9.17, 15) is 9.18 Å². The van der Waals surface area contributed by atoms with Crippen LogP contribution >= 0.6 is 0 Å². The van der Waals surface area contributed by atoms with Crippen molar-refractivity contribution in [2.24, 2.45) is 0 Å². The largest absolute Gasteiger partial charge is 0.378 e. The van der Waals surface area contributed by atoms with E-state index < -0.39 is 6.17 Å².